The highest BCUT2D eigenvalue weighted by Gasteiger charge is 2.38. The zero-order valence-electron chi connectivity index (χ0n) is 17.9. The second kappa shape index (κ2) is 8.26. The standard InChI is InChI=1S/C23H27FN4O3/c1-14(2)28-19-11-17(22(30)26-23(13-29)8-5-9-23)12-25-21(19)20(27-28)16-6-4-7-18(10-16)31-15(3)24/h4,6-7,10-12,14-15,29H,5,8-9,13H2,1-3H3,(H,26,30). The smallest absolute Gasteiger partial charge is 0.253 e. The van der Waals surface area contributed by atoms with Gasteiger partial charge in [-0.05, 0) is 51.3 Å². The summed E-state index contributed by atoms with van der Waals surface area (Å²) in [5.74, 6) is 0.152. The Morgan fingerprint density at radius 3 is 2.71 bits per heavy atom. The Bertz CT molecular complexity index is 1100. The number of aliphatic hydroxyl groups is 1. The maximum Gasteiger partial charge on any atom is 0.253 e. The van der Waals surface area contributed by atoms with E-state index in [-0.39, 0.29) is 18.6 Å². The molecule has 2 N–H and O–H groups in total. The summed E-state index contributed by atoms with van der Waals surface area (Å²) in [4.78, 5) is 17.4. The van der Waals surface area contributed by atoms with E-state index in [0.29, 0.717) is 22.5 Å². The van der Waals surface area contributed by atoms with E-state index in [1.54, 1.807) is 24.3 Å². The molecular weight excluding hydrogens is 399 g/mol. The molecule has 1 saturated carbocycles. The number of alkyl halides is 1. The molecule has 164 valence electrons. The fraction of sp³-hybridized carbons (Fsp3) is 0.435. The van der Waals surface area contributed by atoms with Gasteiger partial charge in [0.25, 0.3) is 5.91 Å². The van der Waals surface area contributed by atoms with Crippen LogP contribution in [0.2, 0.25) is 0 Å². The van der Waals surface area contributed by atoms with Gasteiger partial charge in [0.05, 0.1) is 23.2 Å². The van der Waals surface area contributed by atoms with Crippen LogP contribution in [0.3, 0.4) is 0 Å². The Balaban J connectivity index is 1.73. The number of hydrogen-bond acceptors (Lipinski definition) is 5. The van der Waals surface area contributed by atoms with Crippen molar-refractivity contribution in [1.82, 2.24) is 20.1 Å². The van der Waals surface area contributed by atoms with Crippen molar-refractivity contribution in [2.24, 2.45) is 0 Å². The minimum atomic E-state index is -1.42. The molecule has 0 bridgehead atoms. The van der Waals surface area contributed by atoms with Crippen molar-refractivity contribution in [2.45, 2.75) is 58.0 Å². The maximum atomic E-state index is 13.3. The van der Waals surface area contributed by atoms with E-state index < -0.39 is 11.9 Å². The van der Waals surface area contributed by atoms with Crippen LogP contribution in [-0.2, 0) is 0 Å². The van der Waals surface area contributed by atoms with Crippen LogP contribution in [0.25, 0.3) is 22.3 Å². The molecule has 0 aliphatic heterocycles. The lowest BCUT2D eigenvalue weighted by molar-refractivity contribution is 0.0641. The van der Waals surface area contributed by atoms with E-state index in [2.05, 4.69) is 10.3 Å². The number of nitrogens with one attached hydrogen (secondary N) is 1. The highest BCUT2D eigenvalue weighted by Crippen LogP contribution is 2.33. The van der Waals surface area contributed by atoms with E-state index in [1.807, 2.05) is 24.6 Å². The molecule has 3 aromatic rings. The number of pyridine rings is 1. The zero-order chi connectivity index (χ0) is 22.2. The molecule has 0 radical (unpaired) electrons. The molecule has 1 unspecified atom stereocenters. The first-order chi connectivity index (χ1) is 14.8. The van der Waals surface area contributed by atoms with Crippen molar-refractivity contribution >= 4 is 16.9 Å². The average Bonchev–Trinajstić information content (AvgIpc) is 3.09. The molecule has 1 fully saturated rings. The third kappa shape index (κ3) is 4.12. The van der Waals surface area contributed by atoms with E-state index in [1.165, 1.54) is 13.1 Å². The van der Waals surface area contributed by atoms with Gasteiger partial charge in [-0.1, -0.05) is 12.1 Å². The number of amides is 1. The molecule has 1 aliphatic carbocycles. The first-order valence-electron chi connectivity index (χ1n) is 10.5. The minimum absolute atomic E-state index is 0.0390. The predicted molar refractivity (Wildman–Crippen MR) is 116 cm³/mol. The van der Waals surface area contributed by atoms with E-state index in [4.69, 9.17) is 9.84 Å². The summed E-state index contributed by atoms with van der Waals surface area (Å²) in [6, 6.07) is 8.88. The quantitative estimate of drug-likeness (QED) is 0.596. The Hall–Kier alpha value is -3.00. The van der Waals surface area contributed by atoms with Gasteiger partial charge in [0, 0.05) is 24.7 Å². The lowest BCUT2D eigenvalue weighted by Crippen LogP contribution is -2.56. The Morgan fingerprint density at radius 2 is 2.10 bits per heavy atom. The fourth-order valence-electron chi connectivity index (χ4n) is 3.87. The molecule has 4 rings (SSSR count). The zero-order valence-corrected chi connectivity index (χ0v) is 17.9. The van der Waals surface area contributed by atoms with Crippen molar-refractivity contribution in [3.8, 4) is 17.0 Å². The number of carbonyl (C=O) groups is 1. The van der Waals surface area contributed by atoms with Crippen molar-refractivity contribution in [2.75, 3.05) is 6.61 Å². The van der Waals surface area contributed by atoms with Gasteiger partial charge in [-0.3, -0.25) is 14.5 Å². The molecule has 8 heteroatoms. The lowest BCUT2D eigenvalue weighted by atomic mass is 9.77. The van der Waals surface area contributed by atoms with Crippen LogP contribution >= 0.6 is 0 Å². The molecule has 0 saturated heterocycles. The molecule has 31 heavy (non-hydrogen) atoms. The molecule has 1 amide bonds. The van der Waals surface area contributed by atoms with Gasteiger partial charge < -0.3 is 15.2 Å². The number of rotatable bonds is 7. The summed E-state index contributed by atoms with van der Waals surface area (Å²) in [5, 5.41) is 17.3. The first kappa shape index (κ1) is 21.2. The van der Waals surface area contributed by atoms with Crippen molar-refractivity contribution in [3.05, 3.63) is 42.1 Å². The SMILES string of the molecule is CC(F)Oc1cccc(-c2nn(C(C)C)c3cc(C(=O)NC4(CO)CCC4)cnc23)c1. The third-order valence-electron chi connectivity index (χ3n) is 5.70. The molecule has 7 nitrogen and oxygen atoms in total. The summed E-state index contributed by atoms with van der Waals surface area (Å²) in [6.07, 6.45) is 2.65. The molecule has 1 aliphatic rings. The number of ether oxygens (including phenoxy) is 1. The van der Waals surface area contributed by atoms with Crippen LogP contribution in [0, 0.1) is 0 Å². The van der Waals surface area contributed by atoms with Gasteiger partial charge in [-0.25, -0.2) is 4.39 Å². The van der Waals surface area contributed by atoms with E-state index in [0.717, 1.165) is 30.3 Å². The number of halogens is 1. The number of fused-ring (bicyclic) bond motifs is 1. The highest BCUT2D eigenvalue weighted by atomic mass is 19.1. The summed E-state index contributed by atoms with van der Waals surface area (Å²) >= 11 is 0. The Kier molecular flexibility index (Phi) is 5.66. The van der Waals surface area contributed by atoms with Crippen LogP contribution in [-0.4, -0.2) is 44.3 Å². The monoisotopic (exact) mass is 426 g/mol. The molecule has 1 aromatic carbocycles. The minimum Gasteiger partial charge on any atom is -0.461 e. The number of hydrogen-bond donors (Lipinski definition) is 2. The summed E-state index contributed by atoms with van der Waals surface area (Å²) < 4.78 is 20.3. The van der Waals surface area contributed by atoms with Crippen LogP contribution < -0.4 is 10.1 Å². The second-order valence-electron chi connectivity index (χ2n) is 8.41. The topological polar surface area (TPSA) is 89.3 Å². The normalized spacial score (nSPS) is 16.2. The van der Waals surface area contributed by atoms with Gasteiger partial charge in [0.15, 0.2) is 0 Å². The number of aliphatic hydroxyl groups excluding tert-OH is 1. The molecule has 1 atom stereocenters. The van der Waals surface area contributed by atoms with Crippen LogP contribution in [0.15, 0.2) is 36.5 Å². The lowest BCUT2D eigenvalue weighted by Gasteiger charge is -2.40. The maximum absolute atomic E-state index is 13.3. The highest BCUT2D eigenvalue weighted by molar-refractivity contribution is 5.99. The summed E-state index contributed by atoms with van der Waals surface area (Å²) in [7, 11) is 0. The number of benzene rings is 1. The van der Waals surface area contributed by atoms with Crippen molar-refractivity contribution < 1.29 is 19.0 Å². The van der Waals surface area contributed by atoms with Gasteiger partial charge >= 0.3 is 0 Å². The number of nitrogens with zero attached hydrogens (tertiary/aromatic N) is 3. The van der Waals surface area contributed by atoms with Crippen molar-refractivity contribution in [1.29, 1.82) is 0 Å². The molecule has 2 heterocycles. The van der Waals surface area contributed by atoms with Crippen molar-refractivity contribution in [3.63, 3.8) is 0 Å². The summed E-state index contributed by atoms with van der Waals surface area (Å²) in [6.45, 7) is 5.26. The Morgan fingerprint density at radius 1 is 1.32 bits per heavy atom. The number of carbonyl (C=O) groups excluding carboxylic acids is 1. The third-order valence-corrected chi connectivity index (χ3v) is 5.70. The van der Waals surface area contributed by atoms with Crippen LogP contribution in [0.5, 0.6) is 5.75 Å². The summed E-state index contributed by atoms with van der Waals surface area (Å²) in [5.41, 5.74) is 2.66. The van der Waals surface area contributed by atoms with Gasteiger partial charge in [-0.15, -0.1) is 0 Å². The van der Waals surface area contributed by atoms with Gasteiger partial charge in [0.1, 0.15) is 17.0 Å². The molecule has 0 spiro atoms. The molecular formula is C23H27FN4O3. The second-order valence-corrected chi connectivity index (χ2v) is 8.41. The van der Waals surface area contributed by atoms with Crippen LogP contribution in [0.4, 0.5) is 4.39 Å². The van der Waals surface area contributed by atoms with E-state index >= 15 is 0 Å². The largest absolute Gasteiger partial charge is 0.461 e. The van der Waals surface area contributed by atoms with Gasteiger partial charge in [0.2, 0.25) is 6.36 Å². The average molecular weight is 426 g/mol. The number of aromatic nitrogens is 3. The van der Waals surface area contributed by atoms with Gasteiger partial charge in [-0.2, -0.15) is 5.10 Å². The predicted octanol–water partition coefficient (Wildman–Crippen LogP) is 4.02. The van der Waals surface area contributed by atoms with E-state index in [9.17, 15) is 14.3 Å². The Labute approximate surface area is 180 Å². The molecule has 2 aromatic heterocycles. The first-order valence-corrected chi connectivity index (χ1v) is 10.5. The fourth-order valence-corrected chi connectivity index (χ4v) is 3.87. The van der Waals surface area contributed by atoms with Crippen LogP contribution in [0.1, 0.15) is 56.4 Å².